The molecule has 1 N–H and O–H groups in total. The summed E-state index contributed by atoms with van der Waals surface area (Å²) in [6.45, 7) is 3.28. The standard InChI is InChI=1S/C24H22Cl2N4O4S2/c25-19-4-1-14(7-20(19)26)11-29-5-6-34-17(12-29)10-27-22(31)13-35-24-28-23-18-9-16(30(32)33)3-2-15(18)8-21(23)36-24/h1-4,7,9,17H,5-6,8,10-13H2,(H,27,31). The number of ether oxygens (including phenoxy) is 1. The van der Waals surface area contributed by atoms with Crippen molar-refractivity contribution < 1.29 is 14.5 Å². The highest BCUT2D eigenvalue weighted by Crippen LogP contribution is 2.43. The first-order chi connectivity index (χ1) is 17.4. The Morgan fingerprint density at radius 3 is 2.94 bits per heavy atom. The van der Waals surface area contributed by atoms with Crippen LogP contribution in [0, 0.1) is 10.1 Å². The van der Waals surface area contributed by atoms with Crippen LogP contribution in [0.1, 0.15) is 16.0 Å². The summed E-state index contributed by atoms with van der Waals surface area (Å²) in [5, 5.41) is 15.2. The fraction of sp³-hybridized carbons (Fsp3) is 0.333. The van der Waals surface area contributed by atoms with Gasteiger partial charge in [0, 0.05) is 55.2 Å². The van der Waals surface area contributed by atoms with E-state index in [1.165, 1.54) is 29.2 Å². The van der Waals surface area contributed by atoms with E-state index >= 15 is 0 Å². The maximum Gasteiger partial charge on any atom is 0.270 e. The van der Waals surface area contributed by atoms with Crippen LogP contribution in [0.2, 0.25) is 10.0 Å². The first-order valence-electron chi connectivity index (χ1n) is 11.3. The maximum absolute atomic E-state index is 12.5. The van der Waals surface area contributed by atoms with Crippen LogP contribution < -0.4 is 5.32 Å². The van der Waals surface area contributed by atoms with Crippen LogP contribution in [0.3, 0.4) is 0 Å². The zero-order valence-electron chi connectivity index (χ0n) is 19.0. The number of nitro groups is 1. The third-order valence-electron chi connectivity index (χ3n) is 6.05. The molecule has 2 aliphatic rings. The smallest absolute Gasteiger partial charge is 0.270 e. The van der Waals surface area contributed by atoms with Crippen LogP contribution in [-0.4, -0.2) is 58.8 Å². The number of halogens is 2. The van der Waals surface area contributed by atoms with E-state index in [9.17, 15) is 14.9 Å². The molecule has 2 heterocycles. The topological polar surface area (TPSA) is 97.6 Å². The Morgan fingerprint density at radius 1 is 1.28 bits per heavy atom. The average Bonchev–Trinajstić information content (AvgIpc) is 3.41. The van der Waals surface area contributed by atoms with Crippen molar-refractivity contribution >= 4 is 57.9 Å². The minimum Gasteiger partial charge on any atom is -0.374 e. The van der Waals surface area contributed by atoms with Gasteiger partial charge in [0.2, 0.25) is 5.91 Å². The number of aromatic nitrogens is 1. The van der Waals surface area contributed by atoms with Gasteiger partial charge in [-0.15, -0.1) is 11.3 Å². The van der Waals surface area contributed by atoms with E-state index in [1.807, 2.05) is 12.1 Å². The second-order valence-corrected chi connectivity index (χ2v) is 11.7. The molecule has 0 radical (unpaired) electrons. The first-order valence-corrected chi connectivity index (χ1v) is 13.9. The lowest BCUT2D eigenvalue weighted by atomic mass is 10.1. The van der Waals surface area contributed by atoms with Gasteiger partial charge in [-0.1, -0.05) is 47.1 Å². The van der Waals surface area contributed by atoms with Gasteiger partial charge in [-0.2, -0.15) is 0 Å². The van der Waals surface area contributed by atoms with Crippen LogP contribution in [0.15, 0.2) is 40.7 Å². The summed E-state index contributed by atoms with van der Waals surface area (Å²) in [5.74, 6) is 0.157. The molecule has 1 atom stereocenters. The van der Waals surface area contributed by atoms with Gasteiger partial charge in [-0.25, -0.2) is 4.98 Å². The highest BCUT2D eigenvalue weighted by molar-refractivity contribution is 8.01. The Morgan fingerprint density at radius 2 is 2.14 bits per heavy atom. The van der Waals surface area contributed by atoms with E-state index in [0.717, 1.165) is 44.7 Å². The zero-order chi connectivity index (χ0) is 25.2. The second kappa shape index (κ2) is 11.0. The molecule has 2 aromatic carbocycles. The zero-order valence-corrected chi connectivity index (χ0v) is 22.2. The molecule has 1 aliphatic heterocycles. The van der Waals surface area contributed by atoms with E-state index in [1.54, 1.807) is 18.2 Å². The van der Waals surface area contributed by atoms with Gasteiger partial charge in [0.25, 0.3) is 5.69 Å². The second-order valence-electron chi connectivity index (χ2n) is 8.60. The monoisotopic (exact) mass is 564 g/mol. The third-order valence-corrected chi connectivity index (χ3v) is 8.99. The molecule has 12 heteroatoms. The molecule has 8 nitrogen and oxygen atoms in total. The number of fused-ring (bicyclic) bond motifs is 3. The lowest BCUT2D eigenvalue weighted by Crippen LogP contribution is -2.47. The minimum absolute atomic E-state index is 0.0589. The molecule has 1 aromatic heterocycles. The predicted molar refractivity (Wildman–Crippen MR) is 142 cm³/mol. The van der Waals surface area contributed by atoms with Crippen molar-refractivity contribution in [2.45, 2.75) is 23.4 Å². The van der Waals surface area contributed by atoms with Crippen molar-refractivity contribution in [2.75, 3.05) is 32.0 Å². The fourth-order valence-corrected chi connectivity index (χ4v) is 6.67. The van der Waals surface area contributed by atoms with Gasteiger partial charge < -0.3 is 10.1 Å². The molecule has 1 aliphatic carbocycles. The van der Waals surface area contributed by atoms with E-state index in [-0.39, 0.29) is 23.5 Å². The number of thiazole rings is 1. The summed E-state index contributed by atoms with van der Waals surface area (Å²) in [5.41, 5.74) is 3.79. The number of carbonyl (C=O) groups excluding carboxylic acids is 1. The lowest BCUT2D eigenvalue weighted by molar-refractivity contribution is -0.384. The molecule has 3 aromatic rings. The maximum atomic E-state index is 12.5. The Bertz CT molecular complexity index is 1320. The summed E-state index contributed by atoms with van der Waals surface area (Å²) in [7, 11) is 0. The lowest BCUT2D eigenvalue weighted by Gasteiger charge is -2.33. The summed E-state index contributed by atoms with van der Waals surface area (Å²) >= 11 is 15.0. The first kappa shape index (κ1) is 25.4. The molecule has 0 spiro atoms. The van der Waals surface area contributed by atoms with E-state index < -0.39 is 4.92 Å². The number of morpholine rings is 1. The van der Waals surface area contributed by atoms with Crippen molar-refractivity contribution in [3.63, 3.8) is 0 Å². The highest BCUT2D eigenvalue weighted by atomic mass is 35.5. The number of hydrogen-bond donors (Lipinski definition) is 1. The van der Waals surface area contributed by atoms with Gasteiger partial charge in [-0.3, -0.25) is 19.8 Å². The largest absolute Gasteiger partial charge is 0.374 e. The van der Waals surface area contributed by atoms with Crippen molar-refractivity contribution in [1.29, 1.82) is 0 Å². The normalized spacial score (nSPS) is 17.0. The van der Waals surface area contributed by atoms with Crippen LogP contribution >= 0.6 is 46.3 Å². The van der Waals surface area contributed by atoms with Gasteiger partial charge in [0.1, 0.15) is 0 Å². The predicted octanol–water partition coefficient (Wildman–Crippen LogP) is 5.04. The molecule has 0 saturated carbocycles. The molecule has 5 rings (SSSR count). The van der Waals surface area contributed by atoms with E-state index in [0.29, 0.717) is 36.2 Å². The molecular formula is C24H22Cl2N4O4S2. The number of nitro benzene ring substituents is 1. The number of nitrogens with zero attached hydrogens (tertiary/aromatic N) is 3. The van der Waals surface area contributed by atoms with Crippen molar-refractivity contribution in [2.24, 2.45) is 0 Å². The van der Waals surface area contributed by atoms with E-state index in [4.69, 9.17) is 27.9 Å². The Balaban J connectivity index is 1.09. The number of rotatable bonds is 8. The number of nitrogens with one attached hydrogen (secondary N) is 1. The molecular weight excluding hydrogens is 543 g/mol. The quantitative estimate of drug-likeness (QED) is 0.182. The molecule has 188 valence electrons. The number of non-ortho nitro benzene ring substituents is 1. The summed E-state index contributed by atoms with van der Waals surface area (Å²) < 4.78 is 6.62. The van der Waals surface area contributed by atoms with Gasteiger partial charge in [0.05, 0.1) is 39.1 Å². The van der Waals surface area contributed by atoms with Crippen LogP contribution in [-0.2, 0) is 22.5 Å². The Hall–Kier alpha value is -2.21. The summed E-state index contributed by atoms with van der Waals surface area (Å²) in [4.78, 5) is 31.2. The molecule has 0 bridgehead atoms. The SMILES string of the molecule is O=C(CSc1nc2c(s1)Cc1ccc([N+](=O)[O-])cc1-2)NCC1CN(Cc2ccc(Cl)c(Cl)c2)CCO1. The molecule has 36 heavy (non-hydrogen) atoms. The van der Waals surface area contributed by atoms with E-state index in [2.05, 4.69) is 15.2 Å². The summed E-state index contributed by atoms with van der Waals surface area (Å²) in [6, 6.07) is 10.5. The van der Waals surface area contributed by atoms with Crippen LogP contribution in [0.25, 0.3) is 11.3 Å². The van der Waals surface area contributed by atoms with Crippen molar-refractivity contribution in [3.05, 3.63) is 72.6 Å². The molecule has 1 amide bonds. The van der Waals surface area contributed by atoms with Gasteiger partial charge >= 0.3 is 0 Å². The fourth-order valence-electron chi connectivity index (χ4n) is 4.30. The third kappa shape index (κ3) is 5.85. The minimum atomic E-state index is -0.396. The Kier molecular flexibility index (Phi) is 7.80. The van der Waals surface area contributed by atoms with Crippen LogP contribution in [0.4, 0.5) is 5.69 Å². The number of carbonyl (C=O) groups is 1. The number of thioether (sulfide) groups is 1. The number of amides is 1. The molecule has 1 saturated heterocycles. The number of hydrogen-bond acceptors (Lipinski definition) is 8. The molecule has 1 unspecified atom stereocenters. The van der Waals surface area contributed by atoms with Crippen LogP contribution in [0.5, 0.6) is 0 Å². The molecule has 1 fully saturated rings. The van der Waals surface area contributed by atoms with Crippen molar-refractivity contribution in [3.8, 4) is 11.3 Å². The number of benzene rings is 2. The van der Waals surface area contributed by atoms with Crippen molar-refractivity contribution in [1.82, 2.24) is 15.2 Å². The average molecular weight is 566 g/mol. The highest BCUT2D eigenvalue weighted by Gasteiger charge is 2.26. The van der Waals surface area contributed by atoms with Gasteiger partial charge in [0.15, 0.2) is 4.34 Å². The van der Waals surface area contributed by atoms with Gasteiger partial charge in [-0.05, 0) is 23.3 Å². The summed E-state index contributed by atoms with van der Waals surface area (Å²) in [6.07, 6.45) is 0.622. The Labute approximate surface area is 226 Å².